The normalized spacial score (nSPS) is 18.3. The second-order valence-electron chi connectivity index (χ2n) is 6.09. The summed E-state index contributed by atoms with van der Waals surface area (Å²) < 4.78 is 0. The average Bonchev–Trinajstić information content (AvgIpc) is 2.40. The molecule has 0 atom stereocenters. The maximum absolute atomic E-state index is 11.5. The molecule has 0 aromatic heterocycles. The fourth-order valence-corrected chi connectivity index (χ4v) is 3.13. The van der Waals surface area contributed by atoms with E-state index in [1.54, 1.807) is 0 Å². The van der Waals surface area contributed by atoms with Crippen LogP contribution in [0.1, 0.15) is 55.7 Å². The van der Waals surface area contributed by atoms with E-state index in [-0.39, 0.29) is 5.41 Å². The van der Waals surface area contributed by atoms with E-state index in [9.17, 15) is 4.79 Å². The third-order valence-electron chi connectivity index (χ3n) is 4.44. The van der Waals surface area contributed by atoms with Gasteiger partial charge in [0.2, 0.25) is 0 Å². The Balaban J connectivity index is 2.32. The molecule has 0 unspecified atom stereocenters. The number of carbonyl (C=O) groups excluding carboxylic acids is 1. The topological polar surface area (TPSA) is 17.1 Å². The Morgan fingerprint density at radius 1 is 1.32 bits per heavy atom. The van der Waals surface area contributed by atoms with Crippen molar-refractivity contribution < 1.29 is 4.79 Å². The fourth-order valence-electron chi connectivity index (χ4n) is 3.13. The smallest absolute Gasteiger partial charge is 0.132 e. The van der Waals surface area contributed by atoms with Crippen molar-refractivity contribution in [2.75, 3.05) is 0 Å². The van der Waals surface area contributed by atoms with Crippen molar-refractivity contribution in [2.45, 2.75) is 57.8 Å². The highest BCUT2D eigenvalue weighted by molar-refractivity contribution is 5.79. The third kappa shape index (κ3) is 3.15. The molecule has 1 aliphatic rings. The maximum Gasteiger partial charge on any atom is 0.132 e. The molecule has 1 nitrogen and oxygen atoms in total. The zero-order chi connectivity index (χ0) is 13.9. The maximum atomic E-state index is 11.5. The Hall–Kier alpha value is -1.37. The molecule has 1 saturated carbocycles. The number of aryl methyl sites for hydroxylation is 2. The van der Waals surface area contributed by atoms with Crippen molar-refractivity contribution >= 4 is 5.78 Å². The van der Waals surface area contributed by atoms with Gasteiger partial charge in [-0.05, 0) is 49.1 Å². The number of hydrogen-bond acceptors (Lipinski definition) is 1. The summed E-state index contributed by atoms with van der Waals surface area (Å²) in [6, 6.07) is 6.79. The summed E-state index contributed by atoms with van der Waals surface area (Å²) >= 11 is 0. The summed E-state index contributed by atoms with van der Waals surface area (Å²) in [5.74, 6) is 0.428. The lowest BCUT2D eigenvalue weighted by Gasteiger charge is -2.35. The summed E-state index contributed by atoms with van der Waals surface area (Å²) in [7, 11) is 0. The van der Waals surface area contributed by atoms with Crippen LogP contribution in [-0.4, -0.2) is 5.78 Å². The largest absolute Gasteiger partial charge is 0.300 e. The fraction of sp³-hybridized carbons (Fsp3) is 0.500. The summed E-state index contributed by atoms with van der Waals surface area (Å²) in [5.41, 5.74) is 4.39. The van der Waals surface area contributed by atoms with Crippen LogP contribution in [0.2, 0.25) is 0 Å². The Morgan fingerprint density at radius 3 is 2.63 bits per heavy atom. The van der Waals surface area contributed by atoms with Gasteiger partial charge in [-0.2, -0.15) is 0 Å². The molecule has 19 heavy (non-hydrogen) atoms. The van der Waals surface area contributed by atoms with Crippen molar-refractivity contribution in [1.82, 2.24) is 0 Å². The number of carbonyl (C=O) groups is 1. The van der Waals surface area contributed by atoms with Crippen LogP contribution in [0.4, 0.5) is 0 Å². The summed E-state index contributed by atoms with van der Waals surface area (Å²) in [6.45, 7) is 8.29. The highest BCUT2D eigenvalue weighted by atomic mass is 16.1. The van der Waals surface area contributed by atoms with Crippen molar-refractivity contribution in [3.05, 3.63) is 47.5 Å². The zero-order valence-electron chi connectivity index (χ0n) is 12.2. The molecule has 1 fully saturated rings. The summed E-state index contributed by atoms with van der Waals surface area (Å²) in [4.78, 5) is 11.5. The lowest BCUT2D eigenvalue weighted by atomic mass is 9.69. The second-order valence-corrected chi connectivity index (χ2v) is 6.09. The molecule has 0 bridgehead atoms. The minimum atomic E-state index is 0.179. The van der Waals surface area contributed by atoms with Crippen molar-refractivity contribution in [3.63, 3.8) is 0 Å². The van der Waals surface area contributed by atoms with E-state index in [1.165, 1.54) is 16.7 Å². The van der Waals surface area contributed by atoms with Gasteiger partial charge in [0.05, 0.1) is 0 Å². The SMILES string of the molecule is C=CCCc1cc(C)ccc1C1(C)CCC(=O)CC1. The molecule has 0 radical (unpaired) electrons. The number of allylic oxidation sites excluding steroid dienone is 1. The first-order chi connectivity index (χ1) is 9.05. The molecule has 0 heterocycles. The van der Waals surface area contributed by atoms with Crippen LogP contribution in [0, 0.1) is 6.92 Å². The van der Waals surface area contributed by atoms with E-state index in [1.807, 2.05) is 6.08 Å². The second kappa shape index (κ2) is 5.73. The lowest BCUT2D eigenvalue weighted by molar-refractivity contribution is -0.121. The molecular formula is C18H24O. The van der Waals surface area contributed by atoms with Crippen LogP contribution in [-0.2, 0) is 16.6 Å². The Labute approximate surface area is 116 Å². The molecule has 1 aromatic rings. The molecule has 0 aliphatic heterocycles. The van der Waals surface area contributed by atoms with Gasteiger partial charge >= 0.3 is 0 Å². The van der Waals surface area contributed by atoms with Crippen LogP contribution in [0.3, 0.4) is 0 Å². The van der Waals surface area contributed by atoms with Gasteiger partial charge in [0.25, 0.3) is 0 Å². The van der Waals surface area contributed by atoms with E-state index in [0.717, 1.165) is 38.5 Å². The molecule has 1 heteroatoms. The lowest BCUT2D eigenvalue weighted by Crippen LogP contribution is -2.29. The minimum absolute atomic E-state index is 0.179. The molecule has 2 rings (SSSR count). The van der Waals surface area contributed by atoms with Crippen molar-refractivity contribution in [3.8, 4) is 0 Å². The van der Waals surface area contributed by atoms with E-state index in [0.29, 0.717) is 5.78 Å². The number of hydrogen-bond donors (Lipinski definition) is 0. The van der Waals surface area contributed by atoms with Gasteiger partial charge in [-0.25, -0.2) is 0 Å². The third-order valence-corrected chi connectivity index (χ3v) is 4.44. The first-order valence-electron chi connectivity index (χ1n) is 7.28. The Morgan fingerprint density at radius 2 is 2.00 bits per heavy atom. The summed E-state index contributed by atoms with van der Waals surface area (Å²) in [6.07, 6.45) is 7.54. The predicted molar refractivity (Wildman–Crippen MR) is 80.5 cm³/mol. The van der Waals surface area contributed by atoms with Crippen LogP contribution in [0.25, 0.3) is 0 Å². The van der Waals surface area contributed by atoms with E-state index in [4.69, 9.17) is 0 Å². The quantitative estimate of drug-likeness (QED) is 0.724. The molecule has 102 valence electrons. The first kappa shape index (κ1) is 14.0. The van der Waals surface area contributed by atoms with E-state index < -0.39 is 0 Å². The number of Topliss-reactive ketones (excluding diaryl/α,β-unsaturated/α-hetero) is 1. The molecule has 1 aromatic carbocycles. The van der Waals surface area contributed by atoms with Gasteiger partial charge in [0.1, 0.15) is 5.78 Å². The van der Waals surface area contributed by atoms with Crippen molar-refractivity contribution in [2.24, 2.45) is 0 Å². The van der Waals surface area contributed by atoms with Crippen LogP contribution in [0.15, 0.2) is 30.9 Å². The highest BCUT2D eigenvalue weighted by Gasteiger charge is 2.33. The Bertz CT molecular complexity index is 474. The number of benzene rings is 1. The van der Waals surface area contributed by atoms with Crippen molar-refractivity contribution in [1.29, 1.82) is 0 Å². The molecule has 0 amide bonds. The average molecular weight is 256 g/mol. The summed E-state index contributed by atoms with van der Waals surface area (Å²) in [5, 5.41) is 0. The molecule has 0 saturated heterocycles. The predicted octanol–water partition coefficient (Wildman–Crippen LogP) is 4.51. The Kier molecular flexibility index (Phi) is 4.24. The molecule has 1 aliphatic carbocycles. The van der Waals surface area contributed by atoms with Crippen LogP contribution >= 0.6 is 0 Å². The van der Waals surface area contributed by atoms with Gasteiger partial charge < -0.3 is 0 Å². The van der Waals surface area contributed by atoms with E-state index >= 15 is 0 Å². The number of ketones is 1. The van der Waals surface area contributed by atoms with Crippen LogP contribution in [0.5, 0.6) is 0 Å². The molecule has 0 spiro atoms. The monoisotopic (exact) mass is 256 g/mol. The zero-order valence-corrected chi connectivity index (χ0v) is 12.2. The minimum Gasteiger partial charge on any atom is -0.300 e. The number of rotatable bonds is 4. The van der Waals surface area contributed by atoms with E-state index in [2.05, 4.69) is 38.6 Å². The molecule has 0 N–H and O–H groups in total. The van der Waals surface area contributed by atoms with Crippen LogP contribution < -0.4 is 0 Å². The van der Waals surface area contributed by atoms with Gasteiger partial charge in [-0.15, -0.1) is 6.58 Å². The standard InChI is InChI=1S/C18H24O/c1-4-5-6-15-13-14(2)7-8-17(15)18(3)11-9-16(19)10-12-18/h4,7-8,13H,1,5-6,9-12H2,2-3H3. The van der Waals surface area contributed by atoms with Gasteiger partial charge in [0.15, 0.2) is 0 Å². The first-order valence-corrected chi connectivity index (χ1v) is 7.28. The van der Waals surface area contributed by atoms with Gasteiger partial charge in [-0.3, -0.25) is 4.79 Å². The van der Waals surface area contributed by atoms with Gasteiger partial charge in [-0.1, -0.05) is 36.8 Å². The molecular weight excluding hydrogens is 232 g/mol. The highest BCUT2D eigenvalue weighted by Crippen LogP contribution is 2.40. The van der Waals surface area contributed by atoms with Gasteiger partial charge in [0, 0.05) is 12.8 Å².